The van der Waals surface area contributed by atoms with Crippen molar-refractivity contribution in [1.82, 2.24) is 0 Å². The number of ether oxygens (including phenoxy) is 4. The van der Waals surface area contributed by atoms with Crippen LogP contribution in [0.1, 0.15) is 91.9 Å². The van der Waals surface area contributed by atoms with Crippen LogP contribution in [-0.4, -0.2) is 82.3 Å². The summed E-state index contributed by atoms with van der Waals surface area (Å²) in [5, 5.41) is 40.4. The molecule has 7 fully saturated rings. The lowest BCUT2D eigenvalue weighted by atomic mass is 9.44. The lowest BCUT2D eigenvalue weighted by Crippen LogP contribution is -2.60. The molecule has 7 aliphatic rings. The van der Waals surface area contributed by atoms with Crippen LogP contribution in [0.25, 0.3) is 0 Å². The van der Waals surface area contributed by atoms with E-state index in [1.54, 1.807) is 0 Å². The van der Waals surface area contributed by atoms with Gasteiger partial charge in [0.15, 0.2) is 12.1 Å². The first-order valence-electron chi connectivity index (χ1n) is 16.8. The van der Waals surface area contributed by atoms with Crippen LogP contribution >= 0.6 is 0 Å². The van der Waals surface area contributed by atoms with E-state index in [1.807, 2.05) is 0 Å². The van der Waals surface area contributed by atoms with Crippen molar-refractivity contribution >= 4 is 0 Å². The van der Waals surface area contributed by atoms with Crippen LogP contribution < -0.4 is 0 Å². The molecule has 0 aromatic heterocycles. The van der Waals surface area contributed by atoms with Gasteiger partial charge in [-0.05, 0) is 104 Å². The first-order chi connectivity index (χ1) is 19.5. The molecule has 0 amide bonds. The van der Waals surface area contributed by atoms with E-state index < -0.39 is 37.3 Å². The summed E-state index contributed by atoms with van der Waals surface area (Å²) in [4.78, 5) is 0. The Morgan fingerprint density at radius 3 is 2.34 bits per heavy atom. The van der Waals surface area contributed by atoms with Crippen molar-refractivity contribution in [2.24, 2.45) is 52.3 Å². The summed E-state index contributed by atoms with van der Waals surface area (Å²) in [6, 6.07) is 0. The number of fused-ring (bicyclic) bond motifs is 7. The zero-order valence-electron chi connectivity index (χ0n) is 25.5. The van der Waals surface area contributed by atoms with Crippen LogP contribution in [-0.2, 0) is 18.9 Å². The van der Waals surface area contributed by atoms with Gasteiger partial charge in [-0.2, -0.15) is 0 Å². The minimum Gasteiger partial charge on any atom is -0.394 e. The van der Waals surface area contributed by atoms with Gasteiger partial charge in [0.2, 0.25) is 0 Å². The summed E-state index contributed by atoms with van der Waals surface area (Å²) in [6.45, 7) is 10.3. The third kappa shape index (κ3) is 4.36. The maximum Gasteiger partial charge on any atom is 0.186 e. The highest BCUT2D eigenvalue weighted by Gasteiger charge is 2.69. The molecule has 3 saturated heterocycles. The molecule has 4 aliphatic carbocycles. The number of rotatable bonds is 3. The normalized spacial score (nSPS) is 60.3. The maximum atomic E-state index is 10.5. The molecule has 3 heterocycles. The Morgan fingerprint density at radius 1 is 0.829 bits per heavy atom. The van der Waals surface area contributed by atoms with Crippen molar-refractivity contribution in [2.45, 2.75) is 141 Å². The van der Waals surface area contributed by atoms with Gasteiger partial charge in [-0.1, -0.05) is 27.7 Å². The lowest BCUT2D eigenvalue weighted by molar-refractivity contribution is -0.316. The first kappa shape index (κ1) is 29.4. The van der Waals surface area contributed by atoms with E-state index in [4.69, 9.17) is 18.9 Å². The average Bonchev–Trinajstić information content (AvgIpc) is 3.40. The van der Waals surface area contributed by atoms with Crippen molar-refractivity contribution in [3.05, 3.63) is 0 Å². The Balaban J connectivity index is 1.03. The van der Waals surface area contributed by atoms with E-state index >= 15 is 0 Å². The van der Waals surface area contributed by atoms with Gasteiger partial charge >= 0.3 is 0 Å². The predicted octanol–water partition coefficient (Wildman–Crippen LogP) is 3.62. The molecular formula is C33H54O8. The minimum atomic E-state index is -1.40. The topological polar surface area (TPSA) is 118 Å². The molecule has 8 heteroatoms. The van der Waals surface area contributed by atoms with E-state index in [1.165, 1.54) is 38.5 Å². The summed E-state index contributed by atoms with van der Waals surface area (Å²) < 4.78 is 25.4. The molecule has 0 bridgehead atoms. The van der Waals surface area contributed by atoms with Crippen molar-refractivity contribution < 1.29 is 39.4 Å². The highest BCUT2D eigenvalue weighted by atomic mass is 16.7. The van der Waals surface area contributed by atoms with E-state index in [0.29, 0.717) is 35.2 Å². The van der Waals surface area contributed by atoms with Gasteiger partial charge in [0, 0.05) is 12.3 Å². The second-order valence-electron chi connectivity index (χ2n) is 15.9. The Kier molecular flexibility index (Phi) is 7.43. The van der Waals surface area contributed by atoms with Crippen LogP contribution in [0.2, 0.25) is 0 Å². The number of aliphatic hydroxyl groups is 4. The quantitative estimate of drug-likeness (QED) is 0.375. The molecule has 4 saturated carbocycles. The monoisotopic (exact) mass is 578 g/mol. The first-order valence-corrected chi connectivity index (χ1v) is 16.8. The molecule has 17 atom stereocenters. The Morgan fingerprint density at radius 2 is 1.61 bits per heavy atom. The second kappa shape index (κ2) is 10.4. The molecule has 1 spiro atoms. The summed E-state index contributed by atoms with van der Waals surface area (Å²) >= 11 is 0. The Hall–Kier alpha value is -0.320. The molecule has 0 unspecified atom stereocenters. The summed E-state index contributed by atoms with van der Waals surface area (Å²) in [5.41, 5.74) is 0.612. The van der Waals surface area contributed by atoms with Crippen LogP contribution in [0.15, 0.2) is 0 Å². The smallest absolute Gasteiger partial charge is 0.186 e. The average molecular weight is 579 g/mol. The largest absolute Gasteiger partial charge is 0.394 e. The molecular weight excluding hydrogens is 524 g/mol. The van der Waals surface area contributed by atoms with Crippen LogP contribution in [0.3, 0.4) is 0 Å². The van der Waals surface area contributed by atoms with Gasteiger partial charge in [-0.25, -0.2) is 0 Å². The minimum absolute atomic E-state index is 0.0607. The van der Waals surface area contributed by atoms with Gasteiger partial charge in [0.05, 0.1) is 25.4 Å². The summed E-state index contributed by atoms with van der Waals surface area (Å²) in [6.07, 6.45) is 5.64. The Labute approximate surface area is 245 Å². The fourth-order valence-electron chi connectivity index (χ4n) is 11.7. The van der Waals surface area contributed by atoms with Gasteiger partial charge in [0.1, 0.15) is 24.4 Å². The van der Waals surface area contributed by atoms with Crippen LogP contribution in [0, 0.1) is 52.3 Å². The molecule has 0 aromatic rings. The van der Waals surface area contributed by atoms with Gasteiger partial charge in [0.25, 0.3) is 0 Å². The maximum absolute atomic E-state index is 10.5. The summed E-state index contributed by atoms with van der Waals surface area (Å²) in [7, 11) is 0. The van der Waals surface area contributed by atoms with Crippen molar-refractivity contribution in [3.8, 4) is 0 Å². The van der Waals surface area contributed by atoms with Gasteiger partial charge < -0.3 is 39.4 Å². The van der Waals surface area contributed by atoms with E-state index in [0.717, 1.165) is 50.0 Å². The lowest BCUT2D eigenvalue weighted by Gasteiger charge is -2.61. The van der Waals surface area contributed by atoms with Gasteiger partial charge in [-0.3, -0.25) is 0 Å². The zero-order valence-corrected chi connectivity index (χ0v) is 25.5. The molecule has 8 nitrogen and oxygen atoms in total. The molecule has 234 valence electrons. The molecule has 4 N–H and O–H groups in total. The third-order valence-electron chi connectivity index (χ3n) is 14.1. The third-order valence-corrected chi connectivity index (χ3v) is 14.1. The fraction of sp³-hybridized carbons (Fsp3) is 1.00. The molecule has 0 aromatic carbocycles. The van der Waals surface area contributed by atoms with Crippen molar-refractivity contribution in [2.75, 3.05) is 13.2 Å². The second-order valence-corrected chi connectivity index (χ2v) is 15.9. The SMILES string of the molecule is C[C@H]1CC[C@@]2(OC1)O[C@H]1C[C@H]3[C@@H]4CC[C@H]5C[C@@H](O[C@H]6O[C@H](CO)[C@@H](O)[C@H](O)[C@H]6O)CC[C@]5(C)[C@H]4CC[C@]3(C)[C@H]1[C@@H]2C. The van der Waals surface area contributed by atoms with Crippen molar-refractivity contribution in [1.29, 1.82) is 0 Å². The summed E-state index contributed by atoms with van der Waals surface area (Å²) in [5.74, 6) is 4.08. The highest BCUT2D eigenvalue weighted by molar-refractivity contribution is 5.15. The van der Waals surface area contributed by atoms with E-state index in [2.05, 4.69) is 27.7 Å². The molecule has 41 heavy (non-hydrogen) atoms. The Bertz CT molecular complexity index is 967. The van der Waals surface area contributed by atoms with E-state index in [9.17, 15) is 20.4 Å². The fourth-order valence-corrected chi connectivity index (χ4v) is 11.7. The zero-order chi connectivity index (χ0) is 28.9. The predicted molar refractivity (Wildman–Crippen MR) is 150 cm³/mol. The van der Waals surface area contributed by atoms with Gasteiger partial charge in [-0.15, -0.1) is 0 Å². The standard InChI is InChI=1S/C33H54O8/c1-17-7-12-33(38-16-17)18(2)26-24(41-33)14-23-21-6-5-19-13-20(8-10-31(19,3)22(21)9-11-32(23,26)4)39-30-29(37)28(36)27(35)25(15-34)40-30/h17-30,34-37H,5-16H2,1-4H3/t17-,18-,19-,20-,21+,22-,23-,24-,25+,26-,27+,28-,29+,30-,31-,32-,33+/m0/s1. The molecule has 7 rings (SSSR count). The van der Waals surface area contributed by atoms with Crippen LogP contribution in [0.5, 0.6) is 0 Å². The molecule has 0 radical (unpaired) electrons. The number of hydrogen-bond acceptors (Lipinski definition) is 8. The number of hydrogen-bond donors (Lipinski definition) is 4. The van der Waals surface area contributed by atoms with Crippen LogP contribution in [0.4, 0.5) is 0 Å². The molecule has 3 aliphatic heterocycles. The highest BCUT2D eigenvalue weighted by Crippen LogP contribution is 2.71. The van der Waals surface area contributed by atoms with E-state index in [-0.39, 0.29) is 17.3 Å². The number of aliphatic hydroxyl groups excluding tert-OH is 4. The van der Waals surface area contributed by atoms with Crippen molar-refractivity contribution in [3.63, 3.8) is 0 Å².